The Morgan fingerprint density at radius 2 is 2.10 bits per heavy atom. The molecular weight excluding hydrogens is 244 g/mol. The first-order chi connectivity index (χ1) is 9.93. The molecule has 0 saturated heterocycles. The average Bonchev–Trinajstić information content (AvgIpc) is 3.05. The summed E-state index contributed by atoms with van der Waals surface area (Å²) in [6.07, 6.45) is 9.49. The minimum atomic E-state index is 0.560. The van der Waals surface area contributed by atoms with E-state index in [4.69, 9.17) is 0 Å². The molecule has 3 rings (SSSR count). The van der Waals surface area contributed by atoms with Gasteiger partial charge >= 0.3 is 0 Å². The second-order valence-electron chi connectivity index (χ2n) is 5.47. The van der Waals surface area contributed by atoms with Crippen molar-refractivity contribution >= 4 is 0 Å². The lowest BCUT2D eigenvalue weighted by Crippen LogP contribution is -1.84. The molecule has 1 fully saturated rings. The highest BCUT2D eigenvalue weighted by Gasteiger charge is 2.37. The molecule has 2 heteroatoms. The molecule has 1 saturated carbocycles. The molecule has 1 aliphatic carbocycles. The molecular formula is C18H20N2. The Bertz CT molecular complexity index is 575. The van der Waals surface area contributed by atoms with Crippen molar-refractivity contribution in [3.63, 3.8) is 0 Å². The fourth-order valence-electron chi connectivity index (χ4n) is 2.56. The van der Waals surface area contributed by atoms with Gasteiger partial charge in [0.2, 0.25) is 0 Å². The van der Waals surface area contributed by atoms with Gasteiger partial charge in [0.25, 0.3) is 0 Å². The first-order valence-corrected chi connectivity index (χ1v) is 7.44. The van der Waals surface area contributed by atoms with Crippen molar-refractivity contribution in [1.82, 2.24) is 9.97 Å². The number of hydrogen-bond acceptors (Lipinski definition) is 1. The maximum Gasteiger partial charge on any atom is 0.0921 e. The SMILES string of the molecule is C(#C[C@H]1C[C@H]1c1cnc[nH]1)CCCCc1ccccc1. The number of benzene rings is 1. The zero-order chi connectivity index (χ0) is 13.6. The van der Waals surface area contributed by atoms with Gasteiger partial charge in [-0.25, -0.2) is 4.98 Å². The number of imidazole rings is 1. The number of nitrogens with zero attached hydrogens (tertiary/aromatic N) is 1. The Morgan fingerprint density at radius 3 is 2.90 bits per heavy atom. The van der Waals surface area contributed by atoms with E-state index >= 15 is 0 Å². The second kappa shape index (κ2) is 6.43. The van der Waals surface area contributed by atoms with Gasteiger partial charge in [-0.05, 0) is 31.2 Å². The van der Waals surface area contributed by atoms with Gasteiger partial charge in [0, 0.05) is 30.1 Å². The Morgan fingerprint density at radius 1 is 1.20 bits per heavy atom. The van der Waals surface area contributed by atoms with Gasteiger partial charge in [-0.1, -0.05) is 36.3 Å². The molecule has 20 heavy (non-hydrogen) atoms. The summed E-state index contributed by atoms with van der Waals surface area (Å²) >= 11 is 0. The van der Waals surface area contributed by atoms with E-state index in [1.165, 1.54) is 36.9 Å². The average molecular weight is 264 g/mol. The molecule has 1 aromatic heterocycles. The third-order valence-electron chi connectivity index (χ3n) is 3.86. The third-order valence-corrected chi connectivity index (χ3v) is 3.86. The first kappa shape index (κ1) is 13.0. The predicted octanol–water partition coefficient (Wildman–Crippen LogP) is 3.93. The van der Waals surface area contributed by atoms with Crippen LogP contribution in [0.3, 0.4) is 0 Å². The molecule has 2 aromatic rings. The first-order valence-electron chi connectivity index (χ1n) is 7.44. The zero-order valence-corrected chi connectivity index (χ0v) is 11.7. The fourth-order valence-corrected chi connectivity index (χ4v) is 2.56. The Balaban J connectivity index is 1.33. The summed E-state index contributed by atoms with van der Waals surface area (Å²) in [5.41, 5.74) is 2.68. The molecule has 0 amide bonds. The summed E-state index contributed by atoms with van der Waals surface area (Å²) in [6.45, 7) is 0. The summed E-state index contributed by atoms with van der Waals surface area (Å²) in [6, 6.07) is 10.7. The van der Waals surface area contributed by atoms with E-state index in [-0.39, 0.29) is 0 Å². The maximum atomic E-state index is 4.06. The topological polar surface area (TPSA) is 28.7 Å². The number of rotatable bonds is 5. The summed E-state index contributed by atoms with van der Waals surface area (Å²) in [7, 11) is 0. The summed E-state index contributed by atoms with van der Waals surface area (Å²) in [4.78, 5) is 7.24. The van der Waals surface area contributed by atoms with Crippen LogP contribution in [0.2, 0.25) is 0 Å². The van der Waals surface area contributed by atoms with Crippen LogP contribution in [0.1, 0.15) is 42.9 Å². The van der Waals surface area contributed by atoms with Crippen LogP contribution >= 0.6 is 0 Å². The highest BCUT2D eigenvalue weighted by Crippen LogP contribution is 2.45. The third kappa shape index (κ3) is 3.51. The smallest absolute Gasteiger partial charge is 0.0921 e. The second-order valence-corrected chi connectivity index (χ2v) is 5.47. The Hall–Kier alpha value is -2.01. The number of hydrogen-bond donors (Lipinski definition) is 1. The molecule has 1 N–H and O–H groups in total. The van der Waals surface area contributed by atoms with E-state index < -0.39 is 0 Å². The molecule has 2 nitrogen and oxygen atoms in total. The summed E-state index contributed by atoms with van der Waals surface area (Å²) < 4.78 is 0. The number of aromatic nitrogens is 2. The molecule has 2 atom stereocenters. The fraction of sp³-hybridized carbons (Fsp3) is 0.389. The number of aryl methyl sites for hydroxylation is 1. The van der Waals surface area contributed by atoms with Gasteiger partial charge in [0.1, 0.15) is 0 Å². The quantitative estimate of drug-likeness (QED) is 0.643. The molecule has 0 bridgehead atoms. The number of unbranched alkanes of at least 4 members (excludes halogenated alkanes) is 2. The van der Waals surface area contributed by atoms with Gasteiger partial charge in [0.05, 0.1) is 6.33 Å². The van der Waals surface area contributed by atoms with Crippen LogP contribution in [0.25, 0.3) is 0 Å². The van der Waals surface area contributed by atoms with Gasteiger partial charge in [0.15, 0.2) is 0 Å². The van der Waals surface area contributed by atoms with E-state index in [1.54, 1.807) is 6.33 Å². The molecule has 102 valence electrons. The van der Waals surface area contributed by atoms with E-state index in [2.05, 4.69) is 52.1 Å². The molecule has 0 aliphatic heterocycles. The number of nitrogens with one attached hydrogen (secondary N) is 1. The summed E-state index contributed by atoms with van der Waals surface area (Å²) in [5, 5.41) is 0. The standard InChI is InChI=1S/C18H20N2/c1(4-8-15-9-5-3-6-10-15)2-7-11-16-12-17(16)18-13-19-14-20-18/h3,5-6,9-10,13-14,16-17H,1-2,4,8,12H2,(H,19,20)/t16-,17+/m0/s1. The molecule has 0 radical (unpaired) electrons. The van der Waals surface area contributed by atoms with Gasteiger partial charge in [-0.3, -0.25) is 0 Å². The van der Waals surface area contributed by atoms with Crippen LogP contribution in [-0.2, 0) is 6.42 Å². The lowest BCUT2D eigenvalue weighted by molar-refractivity contribution is 0.756. The van der Waals surface area contributed by atoms with Crippen molar-refractivity contribution in [2.75, 3.05) is 0 Å². The minimum Gasteiger partial charge on any atom is -0.348 e. The highest BCUT2D eigenvalue weighted by atomic mass is 14.9. The predicted molar refractivity (Wildman–Crippen MR) is 81.2 cm³/mol. The van der Waals surface area contributed by atoms with Crippen molar-refractivity contribution in [1.29, 1.82) is 0 Å². The summed E-state index contributed by atoms with van der Waals surface area (Å²) in [5.74, 6) is 7.90. The van der Waals surface area contributed by atoms with Crippen molar-refractivity contribution in [3.05, 3.63) is 54.1 Å². The van der Waals surface area contributed by atoms with E-state index in [9.17, 15) is 0 Å². The van der Waals surface area contributed by atoms with Crippen molar-refractivity contribution < 1.29 is 0 Å². The Labute approximate surface area is 120 Å². The van der Waals surface area contributed by atoms with Crippen LogP contribution < -0.4 is 0 Å². The van der Waals surface area contributed by atoms with Gasteiger partial charge < -0.3 is 4.98 Å². The molecule has 1 aliphatic rings. The van der Waals surface area contributed by atoms with Crippen molar-refractivity contribution in [3.8, 4) is 11.8 Å². The van der Waals surface area contributed by atoms with Gasteiger partial charge in [-0.15, -0.1) is 5.92 Å². The lowest BCUT2D eigenvalue weighted by Gasteiger charge is -1.98. The molecule has 1 heterocycles. The van der Waals surface area contributed by atoms with Crippen LogP contribution in [0.15, 0.2) is 42.9 Å². The minimum absolute atomic E-state index is 0.560. The number of aromatic amines is 1. The van der Waals surface area contributed by atoms with Crippen LogP contribution in [-0.4, -0.2) is 9.97 Å². The van der Waals surface area contributed by atoms with Crippen molar-refractivity contribution in [2.24, 2.45) is 5.92 Å². The van der Waals surface area contributed by atoms with Crippen LogP contribution in [0.5, 0.6) is 0 Å². The van der Waals surface area contributed by atoms with E-state index in [1.807, 2.05) is 6.20 Å². The van der Waals surface area contributed by atoms with Gasteiger partial charge in [-0.2, -0.15) is 0 Å². The highest BCUT2D eigenvalue weighted by molar-refractivity contribution is 5.24. The maximum absolute atomic E-state index is 4.06. The van der Waals surface area contributed by atoms with Crippen molar-refractivity contribution in [2.45, 2.75) is 38.0 Å². The Kier molecular flexibility index (Phi) is 4.18. The number of H-pyrrole nitrogens is 1. The molecule has 0 spiro atoms. The molecule has 1 aromatic carbocycles. The largest absolute Gasteiger partial charge is 0.348 e. The lowest BCUT2D eigenvalue weighted by atomic mass is 10.1. The normalized spacial score (nSPS) is 20.2. The zero-order valence-electron chi connectivity index (χ0n) is 11.7. The van der Waals surface area contributed by atoms with E-state index in [0.717, 1.165) is 6.42 Å². The monoisotopic (exact) mass is 264 g/mol. The molecule has 0 unspecified atom stereocenters. The van der Waals surface area contributed by atoms with E-state index in [0.29, 0.717) is 11.8 Å². The van der Waals surface area contributed by atoms with Crippen LogP contribution in [0.4, 0.5) is 0 Å². The van der Waals surface area contributed by atoms with Crippen LogP contribution in [0, 0.1) is 17.8 Å².